The smallest absolute Gasteiger partial charge is 0.0826 e. The molecule has 1 heterocycles. The van der Waals surface area contributed by atoms with Crippen LogP contribution >= 0.6 is 0 Å². The van der Waals surface area contributed by atoms with Crippen molar-refractivity contribution in [3.05, 3.63) is 0 Å². The molecule has 0 amide bonds. The molecule has 108 valence electrons. The molecule has 1 atom stereocenters. The highest BCUT2D eigenvalue weighted by Crippen LogP contribution is 2.07. The zero-order valence-corrected chi connectivity index (χ0v) is 12.3. The second kappa shape index (κ2) is 9.73. The maximum Gasteiger partial charge on any atom is 0.0826 e. The first kappa shape index (κ1) is 15.9. The molecular formula is C14H30N2O2. The lowest BCUT2D eigenvalue weighted by molar-refractivity contribution is -0.0372. The predicted octanol–water partition coefficient (Wildman–Crippen LogP) is 1.50. The summed E-state index contributed by atoms with van der Waals surface area (Å²) in [6.07, 6.45) is 2.53. The van der Waals surface area contributed by atoms with Crippen molar-refractivity contribution in [1.82, 2.24) is 10.2 Å². The minimum Gasteiger partial charge on any atom is -0.381 e. The van der Waals surface area contributed by atoms with Gasteiger partial charge in [0.25, 0.3) is 0 Å². The van der Waals surface area contributed by atoms with Gasteiger partial charge in [0.05, 0.1) is 12.7 Å². The Morgan fingerprint density at radius 2 is 2.22 bits per heavy atom. The standard InChI is InChI=1S/C14H30N2O2/c1-4-8-17-9-5-6-15-11-14-12-16(13(2)3)7-10-18-14/h13-15H,4-12H2,1-3H3. The van der Waals surface area contributed by atoms with Gasteiger partial charge in [-0.2, -0.15) is 0 Å². The van der Waals surface area contributed by atoms with Crippen LogP contribution in [0.4, 0.5) is 0 Å². The highest BCUT2D eigenvalue weighted by Gasteiger charge is 2.21. The van der Waals surface area contributed by atoms with E-state index in [2.05, 4.69) is 31.0 Å². The molecule has 0 aromatic heterocycles. The average molecular weight is 258 g/mol. The number of hydrogen-bond acceptors (Lipinski definition) is 4. The van der Waals surface area contributed by atoms with Crippen LogP contribution in [0.3, 0.4) is 0 Å². The molecule has 1 fully saturated rings. The Morgan fingerprint density at radius 1 is 1.39 bits per heavy atom. The van der Waals surface area contributed by atoms with Gasteiger partial charge in [0.1, 0.15) is 0 Å². The Bertz CT molecular complexity index is 200. The van der Waals surface area contributed by atoms with Crippen molar-refractivity contribution in [2.45, 2.75) is 45.8 Å². The lowest BCUT2D eigenvalue weighted by atomic mass is 10.2. The van der Waals surface area contributed by atoms with Gasteiger partial charge in [-0.1, -0.05) is 6.92 Å². The van der Waals surface area contributed by atoms with Crippen LogP contribution in [-0.2, 0) is 9.47 Å². The van der Waals surface area contributed by atoms with Crippen LogP contribution < -0.4 is 5.32 Å². The molecule has 18 heavy (non-hydrogen) atoms. The van der Waals surface area contributed by atoms with E-state index in [9.17, 15) is 0 Å². The Labute approximate surface area is 112 Å². The maximum atomic E-state index is 5.77. The number of rotatable bonds is 9. The molecule has 1 N–H and O–H groups in total. The van der Waals surface area contributed by atoms with Crippen molar-refractivity contribution in [2.75, 3.05) is 46.0 Å². The van der Waals surface area contributed by atoms with Gasteiger partial charge in [0, 0.05) is 38.9 Å². The van der Waals surface area contributed by atoms with Crippen molar-refractivity contribution in [2.24, 2.45) is 0 Å². The first-order chi connectivity index (χ1) is 8.74. The van der Waals surface area contributed by atoms with Gasteiger partial charge >= 0.3 is 0 Å². The lowest BCUT2D eigenvalue weighted by Crippen LogP contribution is -2.49. The summed E-state index contributed by atoms with van der Waals surface area (Å²) in [7, 11) is 0. The minimum absolute atomic E-state index is 0.345. The van der Waals surface area contributed by atoms with Crippen molar-refractivity contribution in [3.8, 4) is 0 Å². The number of ether oxygens (including phenoxy) is 2. The van der Waals surface area contributed by atoms with Crippen LogP contribution in [0, 0.1) is 0 Å². The Kier molecular flexibility index (Phi) is 8.59. The largest absolute Gasteiger partial charge is 0.381 e. The molecule has 4 heteroatoms. The van der Waals surface area contributed by atoms with E-state index in [0.717, 1.165) is 58.8 Å². The predicted molar refractivity (Wildman–Crippen MR) is 75.0 cm³/mol. The van der Waals surface area contributed by atoms with Gasteiger partial charge in [-0.3, -0.25) is 4.90 Å². The second-order valence-electron chi connectivity index (χ2n) is 5.25. The molecule has 1 rings (SSSR count). The van der Waals surface area contributed by atoms with E-state index in [1.807, 2.05) is 0 Å². The Hall–Kier alpha value is -0.160. The molecule has 1 aliphatic heterocycles. The van der Waals surface area contributed by atoms with E-state index in [4.69, 9.17) is 9.47 Å². The first-order valence-corrected chi connectivity index (χ1v) is 7.38. The minimum atomic E-state index is 0.345. The molecule has 4 nitrogen and oxygen atoms in total. The maximum absolute atomic E-state index is 5.77. The van der Waals surface area contributed by atoms with Gasteiger partial charge in [0.2, 0.25) is 0 Å². The number of hydrogen-bond donors (Lipinski definition) is 1. The van der Waals surface area contributed by atoms with Crippen LogP contribution in [0.2, 0.25) is 0 Å². The summed E-state index contributed by atoms with van der Waals surface area (Å²) in [5, 5.41) is 3.46. The van der Waals surface area contributed by atoms with E-state index in [0.29, 0.717) is 12.1 Å². The fourth-order valence-corrected chi connectivity index (χ4v) is 2.14. The van der Waals surface area contributed by atoms with Crippen LogP contribution in [0.1, 0.15) is 33.6 Å². The molecule has 0 aromatic rings. The SMILES string of the molecule is CCCOCCCNCC1CN(C(C)C)CCO1. The molecule has 0 bridgehead atoms. The summed E-state index contributed by atoms with van der Waals surface area (Å²) in [5.41, 5.74) is 0. The quantitative estimate of drug-likeness (QED) is 0.636. The summed E-state index contributed by atoms with van der Waals surface area (Å²) < 4.78 is 11.2. The first-order valence-electron chi connectivity index (χ1n) is 7.38. The molecule has 0 aliphatic carbocycles. The third kappa shape index (κ3) is 6.69. The van der Waals surface area contributed by atoms with Crippen LogP contribution in [0.15, 0.2) is 0 Å². The van der Waals surface area contributed by atoms with Crippen molar-refractivity contribution in [3.63, 3.8) is 0 Å². The average Bonchev–Trinajstić information content (AvgIpc) is 2.38. The zero-order valence-electron chi connectivity index (χ0n) is 12.3. The normalized spacial score (nSPS) is 21.7. The lowest BCUT2D eigenvalue weighted by Gasteiger charge is -2.35. The summed E-state index contributed by atoms with van der Waals surface area (Å²) in [6.45, 7) is 13.4. The third-order valence-corrected chi connectivity index (χ3v) is 3.26. The Balaban J connectivity index is 1.98. The molecular weight excluding hydrogens is 228 g/mol. The van der Waals surface area contributed by atoms with E-state index in [-0.39, 0.29) is 0 Å². The number of morpholine rings is 1. The van der Waals surface area contributed by atoms with Crippen molar-refractivity contribution >= 4 is 0 Å². The summed E-state index contributed by atoms with van der Waals surface area (Å²) >= 11 is 0. The van der Waals surface area contributed by atoms with Gasteiger partial charge < -0.3 is 14.8 Å². The fraction of sp³-hybridized carbons (Fsp3) is 1.00. The van der Waals surface area contributed by atoms with Gasteiger partial charge in [-0.25, -0.2) is 0 Å². The molecule has 1 aliphatic rings. The summed E-state index contributed by atoms with van der Waals surface area (Å²) in [6, 6.07) is 0.624. The topological polar surface area (TPSA) is 33.7 Å². The Morgan fingerprint density at radius 3 is 2.94 bits per heavy atom. The number of nitrogens with one attached hydrogen (secondary N) is 1. The highest BCUT2D eigenvalue weighted by molar-refractivity contribution is 4.75. The van der Waals surface area contributed by atoms with E-state index in [1.165, 1.54) is 0 Å². The van der Waals surface area contributed by atoms with Gasteiger partial charge in [-0.05, 0) is 33.2 Å². The van der Waals surface area contributed by atoms with Crippen molar-refractivity contribution in [1.29, 1.82) is 0 Å². The molecule has 0 spiro atoms. The van der Waals surface area contributed by atoms with Crippen LogP contribution in [0.5, 0.6) is 0 Å². The van der Waals surface area contributed by atoms with Gasteiger partial charge in [-0.15, -0.1) is 0 Å². The molecule has 1 unspecified atom stereocenters. The molecule has 0 radical (unpaired) electrons. The van der Waals surface area contributed by atoms with E-state index >= 15 is 0 Å². The highest BCUT2D eigenvalue weighted by atomic mass is 16.5. The molecule has 0 saturated carbocycles. The third-order valence-electron chi connectivity index (χ3n) is 3.26. The monoisotopic (exact) mass is 258 g/mol. The summed E-state index contributed by atoms with van der Waals surface area (Å²) in [4.78, 5) is 2.49. The molecule has 1 saturated heterocycles. The van der Waals surface area contributed by atoms with Crippen LogP contribution in [-0.4, -0.2) is 63.0 Å². The van der Waals surface area contributed by atoms with Gasteiger partial charge in [0.15, 0.2) is 0 Å². The zero-order chi connectivity index (χ0) is 13.2. The van der Waals surface area contributed by atoms with E-state index in [1.54, 1.807) is 0 Å². The number of nitrogens with zero attached hydrogens (tertiary/aromatic N) is 1. The van der Waals surface area contributed by atoms with E-state index < -0.39 is 0 Å². The summed E-state index contributed by atoms with van der Waals surface area (Å²) in [5.74, 6) is 0. The fourth-order valence-electron chi connectivity index (χ4n) is 2.14. The second-order valence-corrected chi connectivity index (χ2v) is 5.25. The van der Waals surface area contributed by atoms with Crippen molar-refractivity contribution < 1.29 is 9.47 Å². The van der Waals surface area contributed by atoms with Crippen LogP contribution in [0.25, 0.3) is 0 Å². The molecule has 0 aromatic carbocycles.